The predicted octanol–water partition coefficient (Wildman–Crippen LogP) is 6.58. The van der Waals surface area contributed by atoms with Crippen LogP contribution in [0.25, 0.3) is 0 Å². The minimum absolute atomic E-state index is 0.162. The average molecular weight is 389 g/mol. The van der Waals surface area contributed by atoms with E-state index in [-0.39, 0.29) is 5.41 Å². The molecule has 0 aromatic heterocycles. The van der Waals surface area contributed by atoms with Crippen LogP contribution in [0.5, 0.6) is 0 Å². The van der Waals surface area contributed by atoms with E-state index in [1.165, 1.54) is 44.9 Å². The minimum atomic E-state index is 0.162. The number of nitrogens with zero attached hydrogens (tertiary/aromatic N) is 2. The van der Waals surface area contributed by atoms with Gasteiger partial charge in [-0.25, -0.2) is 0 Å². The van der Waals surface area contributed by atoms with Gasteiger partial charge in [0.2, 0.25) is 5.91 Å². The number of nitriles is 1. The summed E-state index contributed by atoms with van der Waals surface area (Å²) < 4.78 is 0. The molecule has 3 nitrogen and oxygen atoms in total. The Morgan fingerprint density at radius 1 is 1.04 bits per heavy atom. The molecule has 1 aliphatic heterocycles. The molecule has 0 spiro atoms. The SMILES string of the molecule is CC(C)C1(C)CCC1.CC(C)CC12CC(C#N)(C1)C2.CC(C)N1CCCC1=O. The van der Waals surface area contributed by atoms with Crippen molar-refractivity contribution in [2.75, 3.05) is 6.54 Å². The van der Waals surface area contributed by atoms with Crippen molar-refractivity contribution in [1.82, 2.24) is 4.90 Å². The lowest BCUT2D eigenvalue weighted by Crippen LogP contribution is -2.61. The van der Waals surface area contributed by atoms with Crippen molar-refractivity contribution in [1.29, 1.82) is 5.26 Å². The highest BCUT2D eigenvalue weighted by molar-refractivity contribution is 5.78. The Bertz CT molecular complexity index is 560. The maximum atomic E-state index is 10.9. The number of rotatable bonds is 4. The number of likely N-dealkylation sites (tertiary alicyclic amines) is 1. The quantitative estimate of drug-likeness (QED) is 0.546. The zero-order valence-electron chi connectivity index (χ0n) is 19.6. The monoisotopic (exact) mass is 388 g/mol. The summed E-state index contributed by atoms with van der Waals surface area (Å²) in [5.41, 5.74) is 1.51. The van der Waals surface area contributed by atoms with Gasteiger partial charge in [0.05, 0.1) is 11.5 Å². The van der Waals surface area contributed by atoms with E-state index in [1.54, 1.807) is 0 Å². The van der Waals surface area contributed by atoms with E-state index >= 15 is 0 Å². The van der Waals surface area contributed by atoms with Gasteiger partial charge in [-0.2, -0.15) is 5.26 Å². The maximum absolute atomic E-state index is 10.9. The van der Waals surface area contributed by atoms with Gasteiger partial charge in [-0.05, 0) is 81.5 Å². The lowest BCUT2D eigenvalue weighted by molar-refractivity contribution is -0.173. The van der Waals surface area contributed by atoms with Gasteiger partial charge in [0.1, 0.15) is 0 Å². The number of carbonyl (C=O) groups excluding carboxylic acids is 1. The van der Waals surface area contributed by atoms with Crippen LogP contribution in [0.2, 0.25) is 0 Å². The molecule has 5 rings (SSSR count). The first kappa shape index (κ1) is 23.2. The molecular weight excluding hydrogens is 344 g/mol. The Kier molecular flexibility index (Phi) is 7.27. The lowest BCUT2D eigenvalue weighted by atomic mass is 9.34. The van der Waals surface area contributed by atoms with Crippen LogP contribution in [-0.2, 0) is 4.79 Å². The summed E-state index contributed by atoms with van der Waals surface area (Å²) in [6.07, 6.45) is 11.2. The Balaban J connectivity index is 0.000000153. The number of carbonyl (C=O) groups is 1. The van der Waals surface area contributed by atoms with Crippen molar-refractivity contribution in [3.05, 3.63) is 0 Å². The van der Waals surface area contributed by atoms with Crippen LogP contribution >= 0.6 is 0 Å². The van der Waals surface area contributed by atoms with Crippen LogP contribution in [-0.4, -0.2) is 23.4 Å². The molecule has 0 N–H and O–H groups in total. The smallest absolute Gasteiger partial charge is 0.222 e. The summed E-state index contributed by atoms with van der Waals surface area (Å²) in [6.45, 7) is 16.7. The Morgan fingerprint density at radius 2 is 1.61 bits per heavy atom. The van der Waals surface area contributed by atoms with Crippen LogP contribution in [0, 0.1) is 39.4 Å². The molecular formula is C25H44N2O. The molecule has 5 aliphatic rings. The number of hydrogen-bond donors (Lipinski definition) is 0. The van der Waals surface area contributed by atoms with E-state index < -0.39 is 0 Å². The summed E-state index contributed by atoms with van der Waals surface area (Å²) >= 11 is 0. The van der Waals surface area contributed by atoms with E-state index in [0.29, 0.717) is 17.4 Å². The van der Waals surface area contributed by atoms with Gasteiger partial charge < -0.3 is 4.90 Å². The molecule has 28 heavy (non-hydrogen) atoms. The van der Waals surface area contributed by atoms with Crippen molar-refractivity contribution >= 4 is 5.91 Å². The Morgan fingerprint density at radius 3 is 1.82 bits per heavy atom. The summed E-state index contributed by atoms with van der Waals surface area (Å²) in [5.74, 6) is 2.04. The highest BCUT2D eigenvalue weighted by Gasteiger charge is 2.67. The van der Waals surface area contributed by atoms with Crippen LogP contribution in [0.1, 0.15) is 106 Å². The van der Waals surface area contributed by atoms with E-state index in [1.807, 2.05) is 4.90 Å². The van der Waals surface area contributed by atoms with Crippen molar-refractivity contribution in [3.63, 3.8) is 0 Å². The third-order valence-electron chi connectivity index (χ3n) is 7.84. The van der Waals surface area contributed by atoms with Gasteiger partial charge in [-0.3, -0.25) is 4.79 Å². The van der Waals surface area contributed by atoms with Gasteiger partial charge in [0.15, 0.2) is 0 Å². The second-order valence-electron chi connectivity index (χ2n) is 11.5. The molecule has 160 valence electrons. The maximum Gasteiger partial charge on any atom is 0.222 e. The second-order valence-corrected chi connectivity index (χ2v) is 11.5. The first-order valence-electron chi connectivity index (χ1n) is 11.7. The van der Waals surface area contributed by atoms with Gasteiger partial charge >= 0.3 is 0 Å². The standard InChI is InChI=1S/C10H15N.C8H16.C7H13NO/c1-8(2)3-9-4-10(5-9,6-9)7-11;1-7(2)8(3)5-4-6-8;1-6(2)8-5-3-4-7(8)9/h8H,3-6H2,1-2H3;7H,4-6H2,1-3H3;6H,3-5H2,1-2H3. The third-order valence-corrected chi connectivity index (χ3v) is 7.84. The zero-order chi connectivity index (χ0) is 21.2. The van der Waals surface area contributed by atoms with Crippen LogP contribution in [0.3, 0.4) is 0 Å². The fraction of sp³-hybridized carbons (Fsp3) is 0.920. The number of hydrogen-bond acceptors (Lipinski definition) is 2. The van der Waals surface area contributed by atoms with Crippen LogP contribution in [0.15, 0.2) is 0 Å². The lowest BCUT2D eigenvalue weighted by Gasteiger charge is -2.68. The van der Waals surface area contributed by atoms with Crippen molar-refractivity contribution in [2.45, 2.75) is 112 Å². The molecule has 0 aromatic carbocycles. The second kappa shape index (κ2) is 8.76. The molecule has 2 bridgehead atoms. The van der Waals surface area contributed by atoms with Gasteiger partial charge in [-0.15, -0.1) is 0 Å². The van der Waals surface area contributed by atoms with E-state index in [9.17, 15) is 4.79 Å². The molecule has 3 heteroatoms. The van der Waals surface area contributed by atoms with E-state index in [4.69, 9.17) is 5.26 Å². The van der Waals surface area contributed by atoms with Crippen molar-refractivity contribution in [2.24, 2.45) is 28.1 Å². The van der Waals surface area contributed by atoms with Gasteiger partial charge in [0, 0.05) is 19.0 Å². The zero-order valence-corrected chi connectivity index (χ0v) is 19.6. The molecule has 0 unspecified atom stereocenters. The van der Waals surface area contributed by atoms with Crippen LogP contribution in [0.4, 0.5) is 0 Å². The molecule has 4 aliphatic carbocycles. The molecule has 1 amide bonds. The molecule has 0 radical (unpaired) electrons. The highest BCUT2D eigenvalue weighted by Crippen LogP contribution is 2.75. The first-order valence-corrected chi connectivity index (χ1v) is 11.7. The fourth-order valence-corrected chi connectivity index (χ4v) is 5.73. The van der Waals surface area contributed by atoms with Crippen LogP contribution < -0.4 is 0 Å². The summed E-state index contributed by atoms with van der Waals surface area (Å²) in [6, 6.07) is 2.84. The summed E-state index contributed by atoms with van der Waals surface area (Å²) in [5, 5.41) is 8.78. The Hall–Kier alpha value is -1.04. The molecule has 0 aromatic rings. The molecule has 1 saturated heterocycles. The van der Waals surface area contributed by atoms with Crippen molar-refractivity contribution in [3.8, 4) is 6.07 Å². The minimum Gasteiger partial charge on any atom is -0.340 e. The predicted molar refractivity (Wildman–Crippen MR) is 117 cm³/mol. The molecule has 4 saturated carbocycles. The van der Waals surface area contributed by atoms with Crippen molar-refractivity contribution < 1.29 is 4.79 Å². The normalized spacial score (nSPS) is 31.8. The largest absolute Gasteiger partial charge is 0.340 e. The van der Waals surface area contributed by atoms with Gasteiger partial charge in [-0.1, -0.05) is 41.0 Å². The Labute approximate surface area is 174 Å². The van der Waals surface area contributed by atoms with E-state index in [0.717, 1.165) is 36.6 Å². The average Bonchev–Trinajstić information content (AvgIpc) is 2.94. The molecule has 0 atom stereocenters. The van der Waals surface area contributed by atoms with Gasteiger partial charge in [0.25, 0.3) is 0 Å². The highest BCUT2D eigenvalue weighted by atomic mass is 16.2. The fourth-order valence-electron chi connectivity index (χ4n) is 5.73. The first-order chi connectivity index (χ1) is 13.0. The molecule has 1 heterocycles. The summed E-state index contributed by atoms with van der Waals surface area (Å²) in [4.78, 5) is 12.9. The molecule has 5 fully saturated rings. The number of amides is 1. The topological polar surface area (TPSA) is 44.1 Å². The summed E-state index contributed by atoms with van der Waals surface area (Å²) in [7, 11) is 0. The third kappa shape index (κ3) is 5.11. The van der Waals surface area contributed by atoms with E-state index in [2.05, 4.69) is 54.5 Å².